The first-order valence-corrected chi connectivity index (χ1v) is 7.84. The SMILES string of the molecule is Cc1ccccc1-c1noc([C@H](C)NC(=O)[C@]2(C)CCCO2)n1. The largest absolute Gasteiger partial charge is 0.365 e. The van der Waals surface area contributed by atoms with Crippen molar-refractivity contribution in [2.75, 3.05) is 6.61 Å². The Morgan fingerprint density at radius 2 is 2.17 bits per heavy atom. The summed E-state index contributed by atoms with van der Waals surface area (Å²) in [4.78, 5) is 16.8. The van der Waals surface area contributed by atoms with Crippen LogP contribution in [0.1, 0.15) is 44.2 Å². The predicted octanol–water partition coefficient (Wildman–Crippen LogP) is 2.79. The van der Waals surface area contributed by atoms with Gasteiger partial charge in [0.25, 0.3) is 5.91 Å². The van der Waals surface area contributed by atoms with Gasteiger partial charge in [0, 0.05) is 12.2 Å². The molecule has 1 aromatic carbocycles. The first kappa shape index (κ1) is 15.7. The van der Waals surface area contributed by atoms with Crippen molar-refractivity contribution in [1.82, 2.24) is 15.5 Å². The van der Waals surface area contributed by atoms with E-state index in [9.17, 15) is 4.79 Å². The topological polar surface area (TPSA) is 77.2 Å². The van der Waals surface area contributed by atoms with Gasteiger partial charge < -0.3 is 14.6 Å². The summed E-state index contributed by atoms with van der Waals surface area (Å²) >= 11 is 0. The highest BCUT2D eigenvalue weighted by Gasteiger charge is 2.38. The summed E-state index contributed by atoms with van der Waals surface area (Å²) in [7, 11) is 0. The Hall–Kier alpha value is -2.21. The lowest BCUT2D eigenvalue weighted by Crippen LogP contribution is -2.44. The maximum atomic E-state index is 12.4. The van der Waals surface area contributed by atoms with E-state index >= 15 is 0 Å². The Morgan fingerprint density at radius 3 is 2.87 bits per heavy atom. The number of aryl methyl sites for hydroxylation is 1. The summed E-state index contributed by atoms with van der Waals surface area (Å²) in [5.41, 5.74) is 1.24. The van der Waals surface area contributed by atoms with Crippen LogP contribution in [0.3, 0.4) is 0 Å². The molecule has 1 amide bonds. The number of rotatable bonds is 4. The Labute approximate surface area is 135 Å². The van der Waals surface area contributed by atoms with E-state index in [2.05, 4.69) is 15.5 Å². The number of hydrogen-bond donors (Lipinski definition) is 1. The molecule has 1 aliphatic rings. The van der Waals surface area contributed by atoms with Crippen molar-refractivity contribution in [1.29, 1.82) is 0 Å². The molecule has 0 saturated carbocycles. The van der Waals surface area contributed by atoms with Crippen molar-refractivity contribution >= 4 is 5.91 Å². The summed E-state index contributed by atoms with van der Waals surface area (Å²) in [6.45, 7) is 6.26. The molecule has 6 nitrogen and oxygen atoms in total. The van der Waals surface area contributed by atoms with Crippen LogP contribution in [-0.4, -0.2) is 28.3 Å². The Kier molecular flexibility index (Phi) is 4.17. The fourth-order valence-corrected chi connectivity index (χ4v) is 2.71. The molecule has 1 aromatic heterocycles. The smallest absolute Gasteiger partial charge is 0.252 e. The molecular weight excluding hydrogens is 294 g/mol. The zero-order valence-electron chi connectivity index (χ0n) is 13.6. The minimum absolute atomic E-state index is 0.141. The highest BCUT2D eigenvalue weighted by atomic mass is 16.5. The number of amides is 1. The van der Waals surface area contributed by atoms with E-state index in [1.165, 1.54) is 0 Å². The molecule has 6 heteroatoms. The lowest BCUT2D eigenvalue weighted by atomic mass is 10.0. The second-order valence-corrected chi connectivity index (χ2v) is 6.15. The van der Waals surface area contributed by atoms with Gasteiger partial charge in [-0.2, -0.15) is 4.98 Å². The fraction of sp³-hybridized carbons (Fsp3) is 0.471. The van der Waals surface area contributed by atoms with E-state index in [0.29, 0.717) is 18.3 Å². The van der Waals surface area contributed by atoms with E-state index < -0.39 is 5.60 Å². The third-order valence-corrected chi connectivity index (χ3v) is 4.24. The van der Waals surface area contributed by atoms with Gasteiger partial charge in [-0.3, -0.25) is 4.79 Å². The average molecular weight is 315 g/mol. The highest BCUT2D eigenvalue weighted by Crippen LogP contribution is 2.27. The molecule has 122 valence electrons. The highest BCUT2D eigenvalue weighted by molar-refractivity contribution is 5.85. The standard InChI is InChI=1S/C17H21N3O3/c1-11-7-4-5-8-13(11)14-19-15(23-20-14)12(2)18-16(21)17(3)9-6-10-22-17/h4-5,7-8,12H,6,9-10H2,1-3H3,(H,18,21)/t12-,17-/m0/s1. The monoisotopic (exact) mass is 315 g/mol. The third kappa shape index (κ3) is 3.12. The first-order valence-electron chi connectivity index (χ1n) is 7.84. The quantitative estimate of drug-likeness (QED) is 0.938. The molecule has 2 heterocycles. The van der Waals surface area contributed by atoms with Crippen LogP contribution in [0.4, 0.5) is 0 Å². The summed E-state index contributed by atoms with van der Waals surface area (Å²) in [5, 5.41) is 6.92. The number of nitrogens with one attached hydrogen (secondary N) is 1. The molecule has 0 bridgehead atoms. The van der Waals surface area contributed by atoms with Gasteiger partial charge in [-0.05, 0) is 39.2 Å². The minimum Gasteiger partial charge on any atom is -0.365 e. The second kappa shape index (κ2) is 6.12. The molecule has 0 radical (unpaired) electrons. The molecular formula is C17H21N3O3. The second-order valence-electron chi connectivity index (χ2n) is 6.15. The molecule has 1 saturated heterocycles. The van der Waals surface area contributed by atoms with Gasteiger partial charge >= 0.3 is 0 Å². The average Bonchev–Trinajstić information content (AvgIpc) is 3.17. The number of nitrogens with zero attached hydrogens (tertiary/aromatic N) is 2. The van der Waals surface area contributed by atoms with Gasteiger partial charge in [0.15, 0.2) is 0 Å². The van der Waals surface area contributed by atoms with E-state index in [1.807, 2.05) is 45.0 Å². The maximum Gasteiger partial charge on any atom is 0.252 e. The fourth-order valence-electron chi connectivity index (χ4n) is 2.71. The van der Waals surface area contributed by atoms with E-state index in [4.69, 9.17) is 9.26 Å². The summed E-state index contributed by atoms with van der Waals surface area (Å²) in [6, 6.07) is 7.47. The number of benzene rings is 1. The van der Waals surface area contributed by atoms with Gasteiger partial charge in [0.1, 0.15) is 11.6 Å². The van der Waals surface area contributed by atoms with Crippen molar-refractivity contribution in [3.63, 3.8) is 0 Å². The van der Waals surface area contributed by atoms with Crippen LogP contribution in [-0.2, 0) is 9.53 Å². The van der Waals surface area contributed by atoms with E-state index in [0.717, 1.165) is 24.0 Å². The molecule has 23 heavy (non-hydrogen) atoms. The third-order valence-electron chi connectivity index (χ3n) is 4.24. The Balaban J connectivity index is 1.73. The zero-order valence-corrected chi connectivity index (χ0v) is 13.6. The van der Waals surface area contributed by atoms with Crippen LogP contribution in [0, 0.1) is 6.92 Å². The van der Waals surface area contributed by atoms with E-state index in [-0.39, 0.29) is 11.9 Å². The molecule has 1 N–H and O–H groups in total. The molecule has 2 atom stereocenters. The summed E-state index contributed by atoms with van der Waals surface area (Å²) < 4.78 is 10.9. The Morgan fingerprint density at radius 1 is 1.39 bits per heavy atom. The van der Waals surface area contributed by atoms with Crippen molar-refractivity contribution < 1.29 is 14.1 Å². The van der Waals surface area contributed by atoms with Crippen LogP contribution in [0.2, 0.25) is 0 Å². The number of carbonyl (C=O) groups is 1. The summed E-state index contributed by atoms with van der Waals surface area (Å²) in [5.74, 6) is 0.777. The van der Waals surface area contributed by atoms with Crippen LogP contribution in [0.25, 0.3) is 11.4 Å². The van der Waals surface area contributed by atoms with Crippen LogP contribution in [0.5, 0.6) is 0 Å². The molecule has 2 aromatic rings. The zero-order chi connectivity index (χ0) is 16.4. The minimum atomic E-state index is -0.757. The molecule has 0 unspecified atom stereocenters. The molecule has 0 aliphatic carbocycles. The van der Waals surface area contributed by atoms with E-state index in [1.54, 1.807) is 0 Å². The van der Waals surface area contributed by atoms with Crippen molar-refractivity contribution in [2.24, 2.45) is 0 Å². The van der Waals surface area contributed by atoms with Crippen LogP contribution in [0.15, 0.2) is 28.8 Å². The maximum absolute atomic E-state index is 12.4. The Bertz CT molecular complexity index is 705. The van der Waals surface area contributed by atoms with Crippen molar-refractivity contribution in [2.45, 2.75) is 45.3 Å². The van der Waals surface area contributed by atoms with Gasteiger partial charge in [-0.25, -0.2) is 0 Å². The lowest BCUT2D eigenvalue weighted by Gasteiger charge is -2.23. The van der Waals surface area contributed by atoms with Crippen LogP contribution >= 0.6 is 0 Å². The molecule has 1 aliphatic heterocycles. The number of hydrogen-bond acceptors (Lipinski definition) is 5. The van der Waals surface area contributed by atoms with Crippen LogP contribution < -0.4 is 5.32 Å². The van der Waals surface area contributed by atoms with Gasteiger partial charge in [0.2, 0.25) is 11.7 Å². The van der Waals surface area contributed by atoms with Gasteiger partial charge in [0.05, 0.1) is 0 Å². The normalized spacial score (nSPS) is 22.0. The number of carbonyl (C=O) groups excluding carboxylic acids is 1. The predicted molar refractivity (Wildman–Crippen MR) is 84.6 cm³/mol. The van der Waals surface area contributed by atoms with Gasteiger partial charge in [-0.1, -0.05) is 29.4 Å². The number of aromatic nitrogens is 2. The van der Waals surface area contributed by atoms with Crippen molar-refractivity contribution in [3.05, 3.63) is 35.7 Å². The summed E-state index contributed by atoms with van der Waals surface area (Å²) in [6.07, 6.45) is 1.63. The lowest BCUT2D eigenvalue weighted by molar-refractivity contribution is -0.140. The molecule has 3 rings (SSSR count). The first-order chi connectivity index (χ1) is 11.0. The van der Waals surface area contributed by atoms with Crippen molar-refractivity contribution in [3.8, 4) is 11.4 Å². The van der Waals surface area contributed by atoms with Gasteiger partial charge in [-0.15, -0.1) is 0 Å². The molecule has 1 fully saturated rings. The molecule has 0 spiro atoms. The number of ether oxygens (including phenoxy) is 1.